The molecule has 1 aliphatic heterocycles. The van der Waals surface area contributed by atoms with Crippen LogP contribution in [0.3, 0.4) is 0 Å². The van der Waals surface area contributed by atoms with Crippen LogP contribution in [0, 0.1) is 12.3 Å². The van der Waals surface area contributed by atoms with Crippen molar-refractivity contribution in [3.05, 3.63) is 41.7 Å². The first-order valence-corrected chi connectivity index (χ1v) is 10.2. The minimum Gasteiger partial charge on any atom is -0.497 e. The zero-order valence-corrected chi connectivity index (χ0v) is 18.1. The zero-order chi connectivity index (χ0) is 22.4. The average Bonchev–Trinajstić information content (AvgIpc) is 3.35. The molecule has 0 spiro atoms. The molecule has 9 heteroatoms. The van der Waals surface area contributed by atoms with Gasteiger partial charge in [-0.05, 0) is 24.5 Å². The Morgan fingerprint density at radius 1 is 1.32 bits per heavy atom. The van der Waals surface area contributed by atoms with Crippen molar-refractivity contribution in [2.24, 2.45) is 4.99 Å². The van der Waals surface area contributed by atoms with Gasteiger partial charge in [-0.15, -0.1) is 0 Å². The van der Waals surface area contributed by atoms with Gasteiger partial charge in [-0.1, -0.05) is 0 Å². The van der Waals surface area contributed by atoms with Crippen molar-refractivity contribution in [3.63, 3.8) is 0 Å². The molecule has 2 aromatic rings. The van der Waals surface area contributed by atoms with Gasteiger partial charge in [-0.3, -0.25) is 4.90 Å². The van der Waals surface area contributed by atoms with Crippen LogP contribution >= 0.6 is 0 Å². The summed E-state index contributed by atoms with van der Waals surface area (Å²) in [4.78, 5) is 6.55. The van der Waals surface area contributed by atoms with Crippen LogP contribution in [0.5, 0.6) is 11.5 Å². The lowest BCUT2D eigenvalue weighted by Crippen LogP contribution is -2.25. The number of nitrogens with zero attached hydrogens (tertiary/aromatic N) is 3. The summed E-state index contributed by atoms with van der Waals surface area (Å²) in [5.74, 6) is 1.39. The lowest BCUT2D eigenvalue weighted by molar-refractivity contribution is 0.174. The molecule has 1 aromatic heterocycles. The Balaban J connectivity index is 1.75. The van der Waals surface area contributed by atoms with Crippen LogP contribution in [-0.4, -0.2) is 72.9 Å². The van der Waals surface area contributed by atoms with Crippen molar-refractivity contribution in [1.82, 2.24) is 9.47 Å². The van der Waals surface area contributed by atoms with E-state index in [1.165, 1.54) is 0 Å². The number of aliphatic hydroxyl groups is 1. The SMILES string of the molecule is COc1cc(NCN=C(C(F)C=N)n2cc(C)c(CN3CCC(O)C3)c2)cc(OC)c1. The van der Waals surface area contributed by atoms with Gasteiger partial charge in [0.1, 0.15) is 24.0 Å². The Kier molecular flexibility index (Phi) is 7.64. The number of halogens is 1. The quantitative estimate of drug-likeness (QED) is 0.419. The van der Waals surface area contributed by atoms with E-state index in [0.29, 0.717) is 24.6 Å². The van der Waals surface area contributed by atoms with Gasteiger partial charge >= 0.3 is 0 Å². The number of nitrogens with one attached hydrogen (secondary N) is 2. The number of aromatic nitrogens is 1. The molecule has 168 valence electrons. The number of aliphatic imine (C=N–C) groups is 1. The van der Waals surface area contributed by atoms with Crippen molar-refractivity contribution < 1.29 is 19.0 Å². The summed E-state index contributed by atoms with van der Waals surface area (Å²) in [5.41, 5.74) is 2.78. The number of hydrogen-bond acceptors (Lipinski definition) is 7. The van der Waals surface area contributed by atoms with Crippen LogP contribution in [0.2, 0.25) is 0 Å². The molecule has 0 saturated carbocycles. The average molecular weight is 432 g/mol. The number of anilines is 1. The zero-order valence-electron chi connectivity index (χ0n) is 18.1. The molecule has 0 radical (unpaired) electrons. The minimum atomic E-state index is -1.63. The Labute approximate surface area is 181 Å². The highest BCUT2D eigenvalue weighted by atomic mass is 19.1. The molecular formula is C22H30FN5O3. The van der Waals surface area contributed by atoms with Crippen molar-refractivity contribution >= 4 is 17.7 Å². The second kappa shape index (κ2) is 10.4. The minimum absolute atomic E-state index is 0.116. The summed E-state index contributed by atoms with van der Waals surface area (Å²) in [7, 11) is 3.14. The monoisotopic (exact) mass is 431 g/mol. The van der Waals surface area contributed by atoms with Crippen LogP contribution in [0.1, 0.15) is 17.5 Å². The van der Waals surface area contributed by atoms with Crippen molar-refractivity contribution in [2.75, 3.05) is 39.3 Å². The van der Waals surface area contributed by atoms with Crippen molar-refractivity contribution in [3.8, 4) is 11.5 Å². The summed E-state index contributed by atoms with van der Waals surface area (Å²) >= 11 is 0. The van der Waals surface area contributed by atoms with E-state index in [4.69, 9.17) is 14.9 Å². The number of likely N-dealkylation sites (tertiary alicyclic amines) is 1. The van der Waals surface area contributed by atoms with Crippen molar-refractivity contribution in [1.29, 1.82) is 5.41 Å². The van der Waals surface area contributed by atoms with Gasteiger partial charge in [0.15, 0.2) is 6.17 Å². The standard InChI is InChI=1S/C22H30FN5O3/c1-15-10-28(12-16(15)11-27-5-4-18(29)13-27)22(21(23)9-24)26-14-25-17-6-19(30-2)8-20(7-17)31-3/h6-10,12,18,21,24-25,29H,4-5,11,13-14H2,1-3H3. The molecule has 31 heavy (non-hydrogen) atoms. The number of aliphatic hydroxyl groups excluding tert-OH is 1. The fourth-order valence-corrected chi connectivity index (χ4v) is 3.60. The van der Waals surface area contributed by atoms with Gasteiger partial charge in [0.05, 0.1) is 20.3 Å². The first kappa shape index (κ1) is 22.8. The summed E-state index contributed by atoms with van der Waals surface area (Å²) in [5, 5.41) is 20.2. The van der Waals surface area contributed by atoms with Crippen molar-refractivity contribution in [2.45, 2.75) is 32.2 Å². The van der Waals surface area contributed by atoms with E-state index >= 15 is 0 Å². The Morgan fingerprint density at radius 2 is 2.03 bits per heavy atom. The second-order valence-corrected chi connectivity index (χ2v) is 7.57. The van der Waals surface area contributed by atoms with E-state index in [0.717, 1.165) is 36.0 Å². The molecule has 1 aliphatic rings. The second-order valence-electron chi connectivity index (χ2n) is 7.57. The van der Waals surface area contributed by atoms with Crippen LogP contribution in [0.15, 0.2) is 35.6 Å². The summed E-state index contributed by atoms with van der Waals surface area (Å²) < 4.78 is 26.7. The third-order valence-electron chi connectivity index (χ3n) is 5.31. The molecule has 3 N–H and O–H groups in total. The number of ether oxygens (including phenoxy) is 2. The number of β-amino-alcohol motifs (C(OH)–C–C–N with tert-alkyl or cyclic N) is 1. The lowest BCUT2D eigenvalue weighted by Gasteiger charge is -2.14. The molecule has 0 bridgehead atoms. The molecule has 1 fully saturated rings. The largest absolute Gasteiger partial charge is 0.497 e. The summed E-state index contributed by atoms with van der Waals surface area (Å²) in [6.07, 6.45) is 3.27. The molecule has 0 amide bonds. The molecule has 2 heterocycles. The van der Waals surface area contributed by atoms with E-state index in [-0.39, 0.29) is 18.6 Å². The topological polar surface area (TPSA) is 95.1 Å². The van der Waals surface area contributed by atoms with Crippen LogP contribution in [-0.2, 0) is 6.54 Å². The molecule has 3 rings (SSSR count). The van der Waals surface area contributed by atoms with Gasteiger partial charge in [0, 0.05) is 62.1 Å². The maximum absolute atomic E-state index is 14.5. The molecular weight excluding hydrogens is 401 g/mol. The van der Waals surface area contributed by atoms with E-state index in [1.807, 2.05) is 19.3 Å². The number of rotatable bonds is 9. The first-order valence-electron chi connectivity index (χ1n) is 10.2. The highest BCUT2D eigenvalue weighted by molar-refractivity contribution is 6.00. The highest BCUT2D eigenvalue weighted by Gasteiger charge is 2.22. The Morgan fingerprint density at radius 3 is 2.61 bits per heavy atom. The Bertz CT molecular complexity index is 908. The summed E-state index contributed by atoms with van der Waals surface area (Å²) in [6, 6.07) is 5.35. The third kappa shape index (κ3) is 5.83. The number of alkyl halides is 1. The number of benzene rings is 1. The molecule has 2 unspecified atom stereocenters. The number of methoxy groups -OCH3 is 2. The molecule has 1 aromatic carbocycles. The third-order valence-corrected chi connectivity index (χ3v) is 5.31. The van der Waals surface area contributed by atoms with Gasteiger partial charge in [0.2, 0.25) is 0 Å². The van der Waals surface area contributed by atoms with Crippen LogP contribution in [0.25, 0.3) is 0 Å². The maximum Gasteiger partial charge on any atom is 0.192 e. The maximum atomic E-state index is 14.5. The molecule has 8 nitrogen and oxygen atoms in total. The number of hydrogen-bond donors (Lipinski definition) is 3. The van der Waals surface area contributed by atoms with Gasteiger partial charge in [0.25, 0.3) is 0 Å². The van der Waals surface area contributed by atoms with E-state index in [2.05, 4.69) is 15.2 Å². The fraction of sp³-hybridized carbons (Fsp3) is 0.455. The van der Waals surface area contributed by atoms with E-state index in [9.17, 15) is 9.50 Å². The highest BCUT2D eigenvalue weighted by Crippen LogP contribution is 2.25. The number of aryl methyl sites for hydroxylation is 1. The smallest absolute Gasteiger partial charge is 0.192 e. The van der Waals surface area contributed by atoms with Gasteiger partial charge < -0.3 is 29.9 Å². The van der Waals surface area contributed by atoms with Crippen LogP contribution in [0.4, 0.5) is 10.1 Å². The predicted molar refractivity (Wildman–Crippen MR) is 120 cm³/mol. The lowest BCUT2D eigenvalue weighted by atomic mass is 10.2. The fourth-order valence-electron chi connectivity index (χ4n) is 3.60. The molecule has 1 saturated heterocycles. The van der Waals surface area contributed by atoms with E-state index in [1.54, 1.807) is 37.0 Å². The molecule has 0 aliphatic carbocycles. The molecule has 2 atom stereocenters. The normalized spacial score (nSPS) is 18.1. The van der Waals surface area contributed by atoms with Gasteiger partial charge in [-0.25, -0.2) is 9.38 Å². The van der Waals surface area contributed by atoms with Crippen LogP contribution < -0.4 is 14.8 Å². The predicted octanol–water partition coefficient (Wildman–Crippen LogP) is 2.68. The Hall–Kier alpha value is -2.91. The van der Waals surface area contributed by atoms with E-state index < -0.39 is 6.17 Å². The summed E-state index contributed by atoms with van der Waals surface area (Å²) in [6.45, 7) is 4.25. The first-order chi connectivity index (χ1) is 14.9. The van der Waals surface area contributed by atoms with Gasteiger partial charge in [-0.2, -0.15) is 0 Å².